The SMILES string of the molecule is CC(O)(CN)CCCCn1cc(-c2ccccc2)cn1. The minimum atomic E-state index is -0.737. The third-order valence-corrected chi connectivity index (χ3v) is 3.53. The van der Waals surface area contributed by atoms with Gasteiger partial charge in [0.25, 0.3) is 0 Å². The van der Waals surface area contributed by atoms with Gasteiger partial charge in [-0.2, -0.15) is 5.10 Å². The predicted octanol–water partition coefficient (Wildman–Crippen LogP) is 2.43. The molecule has 1 atom stereocenters. The van der Waals surface area contributed by atoms with E-state index in [1.165, 1.54) is 5.56 Å². The second-order valence-electron chi connectivity index (χ2n) is 5.52. The molecule has 0 bridgehead atoms. The van der Waals surface area contributed by atoms with E-state index in [1.54, 1.807) is 6.92 Å². The third-order valence-electron chi connectivity index (χ3n) is 3.53. The molecule has 20 heavy (non-hydrogen) atoms. The number of nitrogens with two attached hydrogens (primary N) is 1. The first kappa shape index (κ1) is 14.8. The summed E-state index contributed by atoms with van der Waals surface area (Å²) >= 11 is 0. The van der Waals surface area contributed by atoms with Gasteiger partial charge in [-0.3, -0.25) is 4.68 Å². The first-order chi connectivity index (χ1) is 9.61. The lowest BCUT2D eigenvalue weighted by atomic mass is 9.99. The molecule has 3 N–H and O–H groups in total. The smallest absolute Gasteiger partial charge is 0.0741 e. The maximum Gasteiger partial charge on any atom is 0.0741 e. The second kappa shape index (κ2) is 6.68. The van der Waals surface area contributed by atoms with Crippen LogP contribution in [0, 0.1) is 0 Å². The largest absolute Gasteiger partial charge is 0.389 e. The van der Waals surface area contributed by atoms with Crippen molar-refractivity contribution < 1.29 is 5.11 Å². The van der Waals surface area contributed by atoms with E-state index in [2.05, 4.69) is 23.4 Å². The summed E-state index contributed by atoms with van der Waals surface area (Å²) in [6, 6.07) is 10.2. The topological polar surface area (TPSA) is 64.1 Å². The van der Waals surface area contributed by atoms with Crippen LogP contribution in [0.25, 0.3) is 11.1 Å². The molecule has 2 rings (SSSR count). The lowest BCUT2D eigenvalue weighted by molar-refractivity contribution is 0.0569. The van der Waals surface area contributed by atoms with Gasteiger partial charge in [-0.25, -0.2) is 0 Å². The van der Waals surface area contributed by atoms with E-state index in [0.717, 1.165) is 31.4 Å². The number of hydrogen-bond acceptors (Lipinski definition) is 3. The van der Waals surface area contributed by atoms with Crippen LogP contribution >= 0.6 is 0 Å². The highest BCUT2D eigenvalue weighted by atomic mass is 16.3. The molecule has 0 saturated heterocycles. The lowest BCUT2D eigenvalue weighted by Crippen LogP contribution is -2.33. The molecular formula is C16H23N3O. The highest BCUT2D eigenvalue weighted by Crippen LogP contribution is 2.18. The van der Waals surface area contributed by atoms with Crippen LogP contribution in [0.2, 0.25) is 0 Å². The molecule has 4 heteroatoms. The summed E-state index contributed by atoms with van der Waals surface area (Å²) in [5.41, 5.74) is 7.09. The molecule has 1 aromatic carbocycles. The Morgan fingerprint density at radius 2 is 1.95 bits per heavy atom. The van der Waals surface area contributed by atoms with E-state index < -0.39 is 5.60 Å². The highest BCUT2D eigenvalue weighted by molar-refractivity contribution is 5.61. The van der Waals surface area contributed by atoms with E-state index in [4.69, 9.17) is 5.73 Å². The van der Waals surface area contributed by atoms with Crippen LogP contribution in [0.5, 0.6) is 0 Å². The zero-order valence-electron chi connectivity index (χ0n) is 12.0. The zero-order valence-corrected chi connectivity index (χ0v) is 12.0. The minimum Gasteiger partial charge on any atom is -0.389 e. The molecular weight excluding hydrogens is 250 g/mol. The Kier molecular flexibility index (Phi) is 4.93. The summed E-state index contributed by atoms with van der Waals surface area (Å²) in [6.07, 6.45) is 6.63. The molecule has 0 amide bonds. The van der Waals surface area contributed by atoms with Gasteiger partial charge in [-0.1, -0.05) is 30.3 Å². The van der Waals surface area contributed by atoms with Crippen molar-refractivity contribution in [2.24, 2.45) is 5.73 Å². The molecule has 1 aromatic heterocycles. The average molecular weight is 273 g/mol. The molecule has 0 aliphatic rings. The van der Waals surface area contributed by atoms with Gasteiger partial charge in [-0.15, -0.1) is 0 Å². The molecule has 0 aliphatic carbocycles. The molecule has 0 radical (unpaired) electrons. The van der Waals surface area contributed by atoms with Gasteiger partial charge in [0.05, 0.1) is 11.8 Å². The van der Waals surface area contributed by atoms with Crippen LogP contribution < -0.4 is 5.73 Å². The number of rotatable bonds is 7. The molecule has 0 saturated carbocycles. The van der Waals surface area contributed by atoms with E-state index in [1.807, 2.05) is 29.1 Å². The van der Waals surface area contributed by atoms with Crippen molar-refractivity contribution in [3.8, 4) is 11.1 Å². The number of unbranched alkanes of at least 4 members (excludes halogenated alkanes) is 1. The van der Waals surface area contributed by atoms with Crippen molar-refractivity contribution in [1.29, 1.82) is 0 Å². The zero-order chi connectivity index (χ0) is 14.4. The van der Waals surface area contributed by atoms with Crippen LogP contribution in [0.4, 0.5) is 0 Å². The maximum atomic E-state index is 9.83. The van der Waals surface area contributed by atoms with Gasteiger partial charge in [0, 0.05) is 24.8 Å². The van der Waals surface area contributed by atoms with Crippen molar-refractivity contribution in [1.82, 2.24) is 9.78 Å². The Bertz CT molecular complexity index is 520. The van der Waals surface area contributed by atoms with E-state index in [9.17, 15) is 5.11 Å². The van der Waals surface area contributed by atoms with Gasteiger partial charge >= 0.3 is 0 Å². The fourth-order valence-corrected chi connectivity index (χ4v) is 2.15. The third kappa shape index (κ3) is 4.18. The van der Waals surface area contributed by atoms with Crippen molar-refractivity contribution in [2.45, 2.75) is 38.3 Å². The Labute approximate surface area is 120 Å². The Hall–Kier alpha value is -1.65. The molecule has 108 valence electrons. The van der Waals surface area contributed by atoms with Gasteiger partial charge in [-0.05, 0) is 31.7 Å². The molecule has 1 heterocycles. The van der Waals surface area contributed by atoms with Crippen molar-refractivity contribution in [2.75, 3.05) is 6.54 Å². The molecule has 0 spiro atoms. The van der Waals surface area contributed by atoms with Crippen molar-refractivity contribution in [3.05, 3.63) is 42.7 Å². The van der Waals surface area contributed by atoms with Crippen LogP contribution in [0.3, 0.4) is 0 Å². The van der Waals surface area contributed by atoms with E-state index in [-0.39, 0.29) is 0 Å². The van der Waals surface area contributed by atoms with Crippen molar-refractivity contribution >= 4 is 0 Å². The lowest BCUT2D eigenvalue weighted by Gasteiger charge is -2.20. The summed E-state index contributed by atoms with van der Waals surface area (Å²) in [5.74, 6) is 0. The van der Waals surface area contributed by atoms with E-state index >= 15 is 0 Å². The summed E-state index contributed by atoms with van der Waals surface area (Å²) in [4.78, 5) is 0. The van der Waals surface area contributed by atoms with Gasteiger partial charge in [0.15, 0.2) is 0 Å². The Balaban J connectivity index is 1.82. The summed E-state index contributed by atoms with van der Waals surface area (Å²) in [6.45, 7) is 2.97. The van der Waals surface area contributed by atoms with E-state index in [0.29, 0.717) is 6.54 Å². The average Bonchev–Trinajstić information content (AvgIpc) is 2.93. The predicted molar refractivity (Wildman–Crippen MR) is 81.2 cm³/mol. The normalized spacial score (nSPS) is 14.2. The molecule has 4 nitrogen and oxygen atoms in total. The number of hydrogen-bond donors (Lipinski definition) is 2. The standard InChI is InChI=1S/C16H23N3O/c1-16(20,13-17)9-5-6-10-19-12-15(11-18-19)14-7-3-2-4-8-14/h2-4,7-8,11-12,20H,5-6,9-10,13,17H2,1H3. The second-order valence-corrected chi connectivity index (χ2v) is 5.52. The fraction of sp³-hybridized carbons (Fsp3) is 0.438. The molecule has 2 aromatic rings. The number of benzene rings is 1. The van der Waals surface area contributed by atoms with Crippen molar-refractivity contribution in [3.63, 3.8) is 0 Å². The summed E-state index contributed by atoms with van der Waals surface area (Å²) in [5, 5.41) is 14.2. The van der Waals surface area contributed by atoms with Gasteiger partial charge in [0.1, 0.15) is 0 Å². The Morgan fingerprint density at radius 1 is 1.20 bits per heavy atom. The van der Waals surface area contributed by atoms with Gasteiger partial charge in [0.2, 0.25) is 0 Å². The van der Waals surface area contributed by atoms with Crippen LogP contribution in [-0.2, 0) is 6.54 Å². The first-order valence-corrected chi connectivity index (χ1v) is 7.11. The van der Waals surface area contributed by atoms with Crippen LogP contribution in [0.1, 0.15) is 26.2 Å². The first-order valence-electron chi connectivity index (χ1n) is 7.11. The highest BCUT2D eigenvalue weighted by Gasteiger charge is 2.16. The minimum absolute atomic E-state index is 0.312. The molecule has 0 fully saturated rings. The van der Waals surface area contributed by atoms with Crippen LogP contribution in [-0.4, -0.2) is 27.0 Å². The fourth-order valence-electron chi connectivity index (χ4n) is 2.15. The quantitative estimate of drug-likeness (QED) is 0.762. The number of aliphatic hydroxyl groups is 1. The number of aromatic nitrogens is 2. The maximum absolute atomic E-state index is 9.83. The molecule has 1 unspecified atom stereocenters. The monoisotopic (exact) mass is 273 g/mol. The number of aryl methyl sites for hydroxylation is 1. The Morgan fingerprint density at radius 3 is 2.65 bits per heavy atom. The number of nitrogens with zero attached hydrogens (tertiary/aromatic N) is 2. The van der Waals surface area contributed by atoms with Crippen LogP contribution in [0.15, 0.2) is 42.7 Å². The summed E-state index contributed by atoms with van der Waals surface area (Å²) in [7, 11) is 0. The van der Waals surface area contributed by atoms with Gasteiger partial charge < -0.3 is 10.8 Å². The molecule has 0 aliphatic heterocycles. The summed E-state index contributed by atoms with van der Waals surface area (Å²) < 4.78 is 1.96.